The average molecular weight is 430 g/mol. The molecule has 1 aliphatic carbocycles. The van der Waals surface area contributed by atoms with Crippen LogP contribution in [0.5, 0.6) is 0 Å². The molecule has 2 unspecified atom stereocenters. The first kappa shape index (κ1) is 19.2. The molecule has 152 valence electrons. The van der Waals surface area contributed by atoms with Gasteiger partial charge in [0.25, 0.3) is 0 Å². The predicted octanol–water partition coefficient (Wildman–Crippen LogP) is 5.90. The maximum atomic E-state index is 6.19. The van der Waals surface area contributed by atoms with E-state index >= 15 is 0 Å². The van der Waals surface area contributed by atoms with E-state index in [4.69, 9.17) is 32.6 Å². The molecule has 1 saturated heterocycles. The maximum Gasteiger partial charge on any atom is 0.198 e. The van der Waals surface area contributed by atoms with Gasteiger partial charge < -0.3 is 9.32 Å². The third kappa shape index (κ3) is 3.86. The van der Waals surface area contributed by atoms with Crippen molar-refractivity contribution in [2.45, 2.75) is 38.1 Å². The summed E-state index contributed by atoms with van der Waals surface area (Å²) in [5.41, 5.74) is 4.26. The Morgan fingerprint density at radius 2 is 1.79 bits per heavy atom. The van der Waals surface area contributed by atoms with Crippen LogP contribution < -0.4 is 4.90 Å². The number of hydrogen-bond acceptors (Lipinski definition) is 4. The SMILES string of the molecule is Cc1ccc2nc(C3CCC(N4CCN(c5ccc(Cl)c(Cl)c5)CC4)C3)oc2c1. The molecule has 2 fully saturated rings. The predicted molar refractivity (Wildman–Crippen MR) is 119 cm³/mol. The molecule has 2 aliphatic rings. The zero-order valence-corrected chi connectivity index (χ0v) is 18.1. The van der Waals surface area contributed by atoms with E-state index in [2.05, 4.69) is 41.0 Å². The second-order valence-electron chi connectivity index (χ2n) is 8.31. The molecule has 6 heteroatoms. The Kier molecular flexibility index (Phi) is 5.19. The van der Waals surface area contributed by atoms with Crippen LogP contribution in [0.2, 0.25) is 10.0 Å². The number of aryl methyl sites for hydroxylation is 1. The number of oxazole rings is 1. The lowest BCUT2D eigenvalue weighted by molar-refractivity contribution is 0.185. The van der Waals surface area contributed by atoms with Gasteiger partial charge in [-0.3, -0.25) is 4.90 Å². The molecule has 1 aromatic heterocycles. The highest BCUT2D eigenvalue weighted by Gasteiger charge is 2.34. The number of nitrogens with zero attached hydrogens (tertiary/aromatic N) is 3. The zero-order valence-electron chi connectivity index (χ0n) is 16.6. The van der Waals surface area contributed by atoms with Crippen LogP contribution in [-0.4, -0.2) is 42.1 Å². The number of anilines is 1. The van der Waals surface area contributed by atoms with E-state index in [1.807, 2.05) is 12.1 Å². The minimum Gasteiger partial charge on any atom is -0.440 e. The molecule has 3 aromatic rings. The molecular formula is C23H25Cl2N3O. The Morgan fingerprint density at radius 3 is 2.59 bits per heavy atom. The van der Waals surface area contributed by atoms with Gasteiger partial charge in [0, 0.05) is 43.8 Å². The molecule has 4 nitrogen and oxygen atoms in total. The van der Waals surface area contributed by atoms with Gasteiger partial charge in [-0.05, 0) is 62.1 Å². The molecule has 0 radical (unpaired) electrons. The largest absolute Gasteiger partial charge is 0.440 e. The van der Waals surface area contributed by atoms with Crippen LogP contribution in [-0.2, 0) is 0 Å². The maximum absolute atomic E-state index is 6.19. The van der Waals surface area contributed by atoms with Crippen LogP contribution >= 0.6 is 23.2 Å². The molecule has 29 heavy (non-hydrogen) atoms. The van der Waals surface area contributed by atoms with Gasteiger partial charge in [0.15, 0.2) is 11.5 Å². The second kappa shape index (κ2) is 7.82. The van der Waals surface area contributed by atoms with Crippen LogP contribution in [0.3, 0.4) is 0 Å². The van der Waals surface area contributed by atoms with Crippen molar-refractivity contribution >= 4 is 40.0 Å². The van der Waals surface area contributed by atoms with E-state index in [0.717, 1.165) is 61.7 Å². The Morgan fingerprint density at radius 1 is 0.966 bits per heavy atom. The third-order valence-corrected chi connectivity index (χ3v) is 7.15. The first-order valence-corrected chi connectivity index (χ1v) is 11.1. The Balaban J connectivity index is 1.21. The summed E-state index contributed by atoms with van der Waals surface area (Å²) >= 11 is 12.2. The van der Waals surface area contributed by atoms with Crippen molar-refractivity contribution in [3.63, 3.8) is 0 Å². The molecule has 0 N–H and O–H groups in total. The van der Waals surface area contributed by atoms with E-state index in [0.29, 0.717) is 22.0 Å². The number of halogens is 2. The standard InChI is InChI=1S/C23H25Cl2N3O/c1-15-2-7-21-22(12-15)29-23(26-21)16-3-4-17(13-16)27-8-10-28(11-9-27)18-5-6-19(24)20(25)14-18/h2,5-7,12,14,16-17H,3-4,8-11,13H2,1H3. The first-order valence-electron chi connectivity index (χ1n) is 10.4. The number of piperazine rings is 1. The smallest absolute Gasteiger partial charge is 0.198 e. The highest BCUT2D eigenvalue weighted by atomic mass is 35.5. The van der Waals surface area contributed by atoms with Crippen molar-refractivity contribution in [2.75, 3.05) is 31.1 Å². The summed E-state index contributed by atoms with van der Waals surface area (Å²) in [6, 6.07) is 12.8. The third-order valence-electron chi connectivity index (χ3n) is 6.41. The fourth-order valence-electron chi connectivity index (χ4n) is 4.76. The highest BCUT2D eigenvalue weighted by molar-refractivity contribution is 6.42. The first-order chi connectivity index (χ1) is 14.1. The molecule has 1 saturated carbocycles. The minimum absolute atomic E-state index is 0.431. The molecule has 0 spiro atoms. The van der Waals surface area contributed by atoms with E-state index in [9.17, 15) is 0 Å². The topological polar surface area (TPSA) is 32.5 Å². The quantitative estimate of drug-likeness (QED) is 0.518. The number of benzene rings is 2. The summed E-state index contributed by atoms with van der Waals surface area (Å²) < 4.78 is 6.10. The Hall–Kier alpha value is -1.75. The van der Waals surface area contributed by atoms with E-state index in [1.54, 1.807) is 0 Å². The summed E-state index contributed by atoms with van der Waals surface area (Å²) in [5.74, 6) is 1.35. The average Bonchev–Trinajstić information content (AvgIpc) is 3.37. The van der Waals surface area contributed by atoms with Gasteiger partial charge in [-0.15, -0.1) is 0 Å². The van der Waals surface area contributed by atoms with Crippen molar-refractivity contribution in [3.05, 3.63) is 57.9 Å². The highest BCUT2D eigenvalue weighted by Crippen LogP contribution is 2.38. The van der Waals surface area contributed by atoms with Crippen LogP contribution in [0.15, 0.2) is 40.8 Å². The lowest BCUT2D eigenvalue weighted by Gasteiger charge is -2.39. The van der Waals surface area contributed by atoms with Crippen LogP contribution in [0.25, 0.3) is 11.1 Å². The lowest BCUT2D eigenvalue weighted by atomic mass is 10.1. The summed E-state index contributed by atoms with van der Waals surface area (Å²) in [5, 5.41) is 1.24. The summed E-state index contributed by atoms with van der Waals surface area (Å²) in [4.78, 5) is 9.80. The molecule has 5 rings (SSSR count). The minimum atomic E-state index is 0.431. The monoisotopic (exact) mass is 429 g/mol. The van der Waals surface area contributed by atoms with Crippen molar-refractivity contribution in [1.29, 1.82) is 0 Å². The van der Waals surface area contributed by atoms with Crippen LogP contribution in [0.1, 0.15) is 36.6 Å². The fourth-order valence-corrected chi connectivity index (χ4v) is 5.06. The van der Waals surface area contributed by atoms with Crippen molar-refractivity contribution in [2.24, 2.45) is 0 Å². The van der Waals surface area contributed by atoms with Gasteiger partial charge in [-0.2, -0.15) is 0 Å². The Bertz CT molecular complexity index is 1030. The second-order valence-corrected chi connectivity index (χ2v) is 9.12. The lowest BCUT2D eigenvalue weighted by Crippen LogP contribution is -2.49. The number of hydrogen-bond donors (Lipinski definition) is 0. The van der Waals surface area contributed by atoms with Gasteiger partial charge >= 0.3 is 0 Å². The van der Waals surface area contributed by atoms with Crippen molar-refractivity contribution in [1.82, 2.24) is 9.88 Å². The van der Waals surface area contributed by atoms with Gasteiger partial charge in [-0.25, -0.2) is 4.98 Å². The fraction of sp³-hybridized carbons (Fsp3) is 0.435. The van der Waals surface area contributed by atoms with Gasteiger partial charge in [-0.1, -0.05) is 29.3 Å². The summed E-state index contributed by atoms with van der Waals surface area (Å²) in [7, 11) is 0. The molecule has 2 aromatic carbocycles. The van der Waals surface area contributed by atoms with Crippen LogP contribution in [0.4, 0.5) is 5.69 Å². The molecule has 2 heterocycles. The molecule has 0 amide bonds. The van der Waals surface area contributed by atoms with E-state index in [1.165, 1.54) is 12.0 Å². The van der Waals surface area contributed by atoms with Gasteiger partial charge in [0.05, 0.1) is 10.0 Å². The van der Waals surface area contributed by atoms with Crippen LogP contribution in [0, 0.1) is 6.92 Å². The van der Waals surface area contributed by atoms with Crippen molar-refractivity contribution in [3.8, 4) is 0 Å². The molecular weight excluding hydrogens is 405 g/mol. The zero-order chi connectivity index (χ0) is 20.0. The summed E-state index contributed by atoms with van der Waals surface area (Å²) in [6.07, 6.45) is 3.51. The number of rotatable bonds is 3. The van der Waals surface area contributed by atoms with E-state index < -0.39 is 0 Å². The normalized spacial score (nSPS) is 23.2. The van der Waals surface area contributed by atoms with E-state index in [-0.39, 0.29) is 0 Å². The summed E-state index contributed by atoms with van der Waals surface area (Å²) in [6.45, 7) is 6.27. The van der Waals surface area contributed by atoms with Crippen molar-refractivity contribution < 1.29 is 4.42 Å². The molecule has 2 atom stereocenters. The molecule has 1 aliphatic heterocycles. The van der Waals surface area contributed by atoms with Gasteiger partial charge in [0.1, 0.15) is 5.52 Å². The number of aromatic nitrogens is 1. The Labute approximate surface area is 181 Å². The van der Waals surface area contributed by atoms with Gasteiger partial charge in [0.2, 0.25) is 0 Å². The number of fused-ring (bicyclic) bond motifs is 1. The molecule has 0 bridgehead atoms.